The van der Waals surface area contributed by atoms with Gasteiger partial charge in [-0.15, -0.1) is 22.0 Å². The number of carbonyl (C=O) groups excluding carboxylic acids is 1. The summed E-state index contributed by atoms with van der Waals surface area (Å²) in [4.78, 5) is 13.4. The Hall–Kier alpha value is -1.90. The minimum Gasteiger partial charge on any atom is -0.331 e. The average Bonchev–Trinajstić information content (AvgIpc) is 3.10. The van der Waals surface area contributed by atoms with Crippen molar-refractivity contribution >= 4 is 50.2 Å². The third-order valence-corrected chi connectivity index (χ3v) is 5.86. The number of anilines is 1. The van der Waals surface area contributed by atoms with Gasteiger partial charge in [0.25, 0.3) is 0 Å². The highest BCUT2D eigenvalue weighted by atomic mass is 79.9. The molecule has 2 amide bonds. The zero-order chi connectivity index (χ0) is 18.5. The monoisotopic (exact) mass is 448 g/mol. The molecule has 3 aromatic rings. The van der Waals surface area contributed by atoms with Gasteiger partial charge in [-0.2, -0.15) is 0 Å². The van der Waals surface area contributed by atoms with Gasteiger partial charge in [-0.3, -0.25) is 5.32 Å². The lowest BCUT2D eigenvalue weighted by molar-refractivity contribution is 0.249. The van der Waals surface area contributed by atoms with Crippen LogP contribution < -0.4 is 10.6 Å². The van der Waals surface area contributed by atoms with Gasteiger partial charge in [0.2, 0.25) is 5.13 Å². The first kappa shape index (κ1) is 18.9. The van der Waals surface area contributed by atoms with E-state index in [0.717, 1.165) is 25.5 Å². The van der Waals surface area contributed by atoms with Crippen LogP contribution in [0.4, 0.5) is 9.93 Å². The molecule has 0 fully saturated rings. The van der Waals surface area contributed by atoms with Crippen LogP contribution in [0.15, 0.2) is 57.9 Å². The number of carbonyl (C=O) groups is 1. The molecule has 26 heavy (non-hydrogen) atoms. The minimum absolute atomic E-state index is 0.115. The van der Waals surface area contributed by atoms with Crippen molar-refractivity contribution in [2.45, 2.75) is 17.9 Å². The number of aromatic nitrogens is 2. The van der Waals surface area contributed by atoms with Gasteiger partial charge in [-0.05, 0) is 36.9 Å². The van der Waals surface area contributed by atoms with Crippen molar-refractivity contribution in [2.24, 2.45) is 0 Å². The van der Waals surface area contributed by atoms with Crippen molar-refractivity contribution in [3.8, 4) is 10.6 Å². The Labute approximate surface area is 168 Å². The molecule has 2 aromatic carbocycles. The second-order valence-corrected chi connectivity index (χ2v) is 8.23. The fourth-order valence-corrected chi connectivity index (χ4v) is 4.27. The van der Waals surface area contributed by atoms with Crippen LogP contribution in [0, 0.1) is 0 Å². The Kier molecular flexibility index (Phi) is 6.29. The third kappa shape index (κ3) is 4.63. The zero-order valence-corrected chi connectivity index (χ0v) is 17.4. The number of nitrogens with zero attached hydrogens (tertiary/aromatic N) is 2. The molecule has 1 atom stereocenters. The SMILES string of the molecule is CSc1ccccc1[C@H](C)NC(=O)Nc1nnc(-c2cccc(Br)c2)s1. The molecule has 3 rings (SSSR count). The van der Waals surface area contributed by atoms with Crippen LogP contribution in [0.3, 0.4) is 0 Å². The molecule has 0 saturated carbocycles. The summed E-state index contributed by atoms with van der Waals surface area (Å²) in [5.41, 5.74) is 2.04. The summed E-state index contributed by atoms with van der Waals surface area (Å²) in [6, 6.07) is 15.4. The van der Waals surface area contributed by atoms with Crippen molar-refractivity contribution in [1.29, 1.82) is 0 Å². The Morgan fingerprint density at radius 2 is 2.00 bits per heavy atom. The molecule has 2 N–H and O–H groups in total. The van der Waals surface area contributed by atoms with Gasteiger partial charge in [-0.25, -0.2) is 4.79 Å². The van der Waals surface area contributed by atoms with Crippen LogP contribution in [0.25, 0.3) is 10.6 Å². The average molecular weight is 449 g/mol. The minimum atomic E-state index is -0.301. The molecule has 0 unspecified atom stereocenters. The van der Waals surface area contributed by atoms with Crippen molar-refractivity contribution in [3.05, 3.63) is 58.6 Å². The Bertz CT molecular complexity index is 915. The first-order valence-electron chi connectivity index (χ1n) is 7.86. The first-order valence-corrected chi connectivity index (χ1v) is 10.7. The standard InChI is InChI=1S/C18H17BrN4OS2/c1-11(14-8-3-4-9-15(14)25-2)20-17(24)21-18-23-22-16(26-18)12-6-5-7-13(19)10-12/h3-11H,1-2H3,(H2,20,21,23,24)/t11-/m0/s1. The quantitative estimate of drug-likeness (QED) is 0.500. The van der Waals surface area contributed by atoms with E-state index in [1.165, 1.54) is 11.3 Å². The maximum atomic E-state index is 12.3. The predicted octanol–water partition coefficient (Wildman–Crippen LogP) is 5.57. The highest BCUT2D eigenvalue weighted by molar-refractivity contribution is 9.10. The lowest BCUT2D eigenvalue weighted by Crippen LogP contribution is -2.31. The smallest absolute Gasteiger partial charge is 0.321 e. The number of rotatable bonds is 5. The molecule has 134 valence electrons. The van der Waals surface area contributed by atoms with E-state index in [2.05, 4.69) is 36.8 Å². The van der Waals surface area contributed by atoms with E-state index in [-0.39, 0.29) is 12.1 Å². The molecule has 1 aromatic heterocycles. The van der Waals surface area contributed by atoms with Gasteiger partial charge >= 0.3 is 6.03 Å². The molecule has 0 bridgehead atoms. The maximum absolute atomic E-state index is 12.3. The Morgan fingerprint density at radius 3 is 2.77 bits per heavy atom. The van der Waals surface area contributed by atoms with Crippen molar-refractivity contribution in [3.63, 3.8) is 0 Å². The summed E-state index contributed by atoms with van der Waals surface area (Å²) in [5, 5.41) is 15.1. The number of hydrogen-bond donors (Lipinski definition) is 2. The molecule has 0 aliphatic heterocycles. The number of urea groups is 1. The van der Waals surface area contributed by atoms with E-state index in [4.69, 9.17) is 0 Å². The summed E-state index contributed by atoms with van der Waals surface area (Å²) in [5.74, 6) is 0. The van der Waals surface area contributed by atoms with Gasteiger partial charge < -0.3 is 5.32 Å². The van der Waals surface area contributed by atoms with Crippen LogP contribution >= 0.6 is 39.0 Å². The summed E-state index contributed by atoms with van der Waals surface area (Å²) < 4.78 is 0.971. The number of hydrogen-bond acceptors (Lipinski definition) is 5. The van der Waals surface area contributed by atoms with Gasteiger partial charge in [0, 0.05) is 14.9 Å². The molecule has 8 heteroatoms. The van der Waals surface area contributed by atoms with E-state index in [1.54, 1.807) is 11.8 Å². The first-order chi connectivity index (χ1) is 12.6. The van der Waals surface area contributed by atoms with E-state index in [1.807, 2.05) is 61.7 Å². The van der Waals surface area contributed by atoms with Gasteiger partial charge in [-0.1, -0.05) is 57.6 Å². The summed E-state index contributed by atoms with van der Waals surface area (Å²) in [6.45, 7) is 1.96. The fourth-order valence-electron chi connectivity index (χ4n) is 2.44. The molecule has 0 radical (unpaired) electrons. The molecule has 0 aliphatic rings. The predicted molar refractivity (Wildman–Crippen MR) is 112 cm³/mol. The largest absolute Gasteiger partial charge is 0.331 e. The topological polar surface area (TPSA) is 66.9 Å². The molecular weight excluding hydrogens is 432 g/mol. The van der Waals surface area contributed by atoms with Crippen LogP contribution in [-0.4, -0.2) is 22.5 Å². The lowest BCUT2D eigenvalue weighted by atomic mass is 10.1. The Balaban J connectivity index is 1.65. The van der Waals surface area contributed by atoms with Gasteiger partial charge in [0.05, 0.1) is 6.04 Å². The third-order valence-electron chi connectivity index (χ3n) is 3.67. The van der Waals surface area contributed by atoms with E-state index in [9.17, 15) is 4.79 Å². The number of halogens is 1. The highest BCUT2D eigenvalue weighted by Crippen LogP contribution is 2.29. The molecule has 5 nitrogen and oxygen atoms in total. The number of benzene rings is 2. The number of amides is 2. The second-order valence-electron chi connectivity index (χ2n) is 5.48. The molecular formula is C18H17BrN4OS2. The molecule has 0 saturated heterocycles. The number of nitrogens with one attached hydrogen (secondary N) is 2. The van der Waals surface area contributed by atoms with Crippen LogP contribution in [-0.2, 0) is 0 Å². The zero-order valence-electron chi connectivity index (χ0n) is 14.2. The summed E-state index contributed by atoms with van der Waals surface area (Å²) in [7, 11) is 0. The normalized spacial score (nSPS) is 11.8. The van der Waals surface area contributed by atoms with E-state index >= 15 is 0 Å². The van der Waals surface area contributed by atoms with Crippen molar-refractivity contribution in [2.75, 3.05) is 11.6 Å². The second kappa shape index (κ2) is 8.66. The van der Waals surface area contributed by atoms with E-state index < -0.39 is 0 Å². The van der Waals surface area contributed by atoms with Gasteiger partial charge in [0.1, 0.15) is 5.01 Å². The fraction of sp³-hybridized carbons (Fsp3) is 0.167. The summed E-state index contributed by atoms with van der Waals surface area (Å²) in [6.07, 6.45) is 2.02. The van der Waals surface area contributed by atoms with Crippen molar-refractivity contribution in [1.82, 2.24) is 15.5 Å². The lowest BCUT2D eigenvalue weighted by Gasteiger charge is -2.16. The molecule has 0 aliphatic carbocycles. The maximum Gasteiger partial charge on any atom is 0.321 e. The van der Waals surface area contributed by atoms with E-state index in [0.29, 0.717) is 5.13 Å². The van der Waals surface area contributed by atoms with Crippen LogP contribution in [0.5, 0.6) is 0 Å². The Morgan fingerprint density at radius 1 is 1.19 bits per heavy atom. The van der Waals surface area contributed by atoms with Crippen LogP contribution in [0.1, 0.15) is 18.5 Å². The highest BCUT2D eigenvalue weighted by Gasteiger charge is 2.14. The number of thioether (sulfide) groups is 1. The van der Waals surface area contributed by atoms with Crippen LogP contribution in [0.2, 0.25) is 0 Å². The molecule has 0 spiro atoms. The van der Waals surface area contributed by atoms with Crippen molar-refractivity contribution < 1.29 is 4.79 Å². The van der Waals surface area contributed by atoms with Gasteiger partial charge in [0.15, 0.2) is 0 Å². The summed E-state index contributed by atoms with van der Waals surface area (Å²) >= 11 is 6.44. The molecule has 1 heterocycles.